The fourth-order valence-electron chi connectivity index (χ4n) is 3.53. The molecule has 2 aliphatic rings. The summed E-state index contributed by atoms with van der Waals surface area (Å²) in [6.45, 7) is 0.963. The van der Waals surface area contributed by atoms with Gasteiger partial charge in [-0.1, -0.05) is 6.42 Å². The molecule has 3 unspecified atom stereocenters. The summed E-state index contributed by atoms with van der Waals surface area (Å²) in [4.78, 5) is 14.6. The second-order valence-corrected chi connectivity index (χ2v) is 5.55. The van der Waals surface area contributed by atoms with Crippen LogP contribution in [0.3, 0.4) is 0 Å². The zero-order valence-corrected chi connectivity index (χ0v) is 10.3. The summed E-state index contributed by atoms with van der Waals surface area (Å²) >= 11 is 0. The average Bonchev–Trinajstić information content (AvgIpc) is 2.99. The number of aromatic carboxylic acids is 1. The third-order valence-electron chi connectivity index (χ3n) is 4.43. The molecule has 2 fully saturated rings. The summed E-state index contributed by atoms with van der Waals surface area (Å²) in [5.74, 6) is 1.64. The molecule has 0 saturated heterocycles. The van der Waals surface area contributed by atoms with Gasteiger partial charge in [-0.3, -0.25) is 0 Å². The molecule has 1 aromatic rings. The van der Waals surface area contributed by atoms with Crippen LogP contribution in [0.2, 0.25) is 0 Å². The van der Waals surface area contributed by atoms with Crippen LogP contribution < -0.4 is 5.32 Å². The monoisotopic (exact) mass is 246 g/mol. The van der Waals surface area contributed by atoms with Gasteiger partial charge in [0.25, 0.3) is 0 Å². The summed E-state index contributed by atoms with van der Waals surface area (Å²) in [6, 6.07) is 3.44. The molecule has 2 bridgehead atoms. The molecule has 18 heavy (non-hydrogen) atoms. The van der Waals surface area contributed by atoms with Crippen LogP contribution in [0.4, 0.5) is 5.69 Å². The summed E-state index contributed by atoms with van der Waals surface area (Å²) in [5, 5.41) is 12.2. The van der Waals surface area contributed by atoms with Gasteiger partial charge in [0.1, 0.15) is 5.69 Å². The second kappa shape index (κ2) is 4.59. The first-order valence-electron chi connectivity index (χ1n) is 6.65. The van der Waals surface area contributed by atoms with Crippen LogP contribution in [-0.2, 0) is 0 Å². The molecule has 0 radical (unpaired) electrons. The zero-order valence-electron chi connectivity index (χ0n) is 10.3. The molecule has 2 saturated carbocycles. The normalized spacial score (nSPS) is 29.4. The number of anilines is 1. The first kappa shape index (κ1) is 11.5. The molecule has 3 atom stereocenters. The molecule has 2 aliphatic carbocycles. The Morgan fingerprint density at radius 2 is 2.33 bits per heavy atom. The van der Waals surface area contributed by atoms with E-state index in [2.05, 4.69) is 10.3 Å². The topological polar surface area (TPSA) is 62.2 Å². The van der Waals surface area contributed by atoms with Crippen molar-refractivity contribution in [1.82, 2.24) is 4.98 Å². The highest BCUT2D eigenvalue weighted by molar-refractivity contribution is 5.86. The van der Waals surface area contributed by atoms with Crippen LogP contribution in [0, 0.1) is 17.8 Å². The number of aromatic nitrogens is 1. The molecule has 0 aromatic carbocycles. The predicted molar refractivity (Wildman–Crippen MR) is 68.6 cm³/mol. The number of carbonyl (C=O) groups is 1. The Morgan fingerprint density at radius 3 is 3.00 bits per heavy atom. The van der Waals surface area contributed by atoms with Crippen LogP contribution in [0.5, 0.6) is 0 Å². The van der Waals surface area contributed by atoms with Gasteiger partial charge < -0.3 is 10.4 Å². The molecule has 1 aromatic heterocycles. The Balaban J connectivity index is 1.60. The van der Waals surface area contributed by atoms with Crippen molar-refractivity contribution in [3.8, 4) is 0 Å². The van der Waals surface area contributed by atoms with Crippen LogP contribution in [0.25, 0.3) is 0 Å². The smallest absolute Gasteiger partial charge is 0.354 e. The van der Waals surface area contributed by atoms with E-state index in [0.717, 1.165) is 30.0 Å². The highest BCUT2D eigenvalue weighted by Crippen LogP contribution is 2.48. The van der Waals surface area contributed by atoms with Gasteiger partial charge in [0, 0.05) is 18.4 Å². The number of nitrogens with one attached hydrogen (secondary N) is 1. The first-order chi connectivity index (χ1) is 8.72. The van der Waals surface area contributed by atoms with Gasteiger partial charge in [-0.2, -0.15) is 0 Å². The standard InChI is InChI=1S/C14H18N2O2/c17-14(18)13-7-12(3-4-15-13)16-8-11-6-9-1-2-10(11)5-9/h3-4,7,9-11H,1-2,5-6,8H2,(H,15,16)(H,17,18). The minimum Gasteiger partial charge on any atom is -0.477 e. The lowest BCUT2D eigenvalue weighted by atomic mass is 9.89. The fraction of sp³-hybridized carbons (Fsp3) is 0.571. The molecular weight excluding hydrogens is 228 g/mol. The lowest BCUT2D eigenvalue weighted by Crippen LogP contribution is -2.20. The van der Waals surface area contributed by atoms with Gasteiger partial charge in [-0.25, -0.2) is 9.78 Å². The lowest BCUT2D eigenvalue weighted by molar-refractivity contribution is 0.0690. The minimum absolute atomic E-state index is 0.105. The molecule has 3 rings (SSSR count). The van der Waals surface area contributed by atoms with Crippen molar-refractivity contribution < 1.29 is 9.90 Å². The fourth-order valence-corrected chi connectivity index (χ4v) is 3.53. The molecule has 96 valence electrons. The predicted octanol–water partition coefficient (Wildman–Crippen LogP) is 2.63. The molecule has 4 heteroatoms. The summed E-state index contributed by atoms with van der Waals surface area (Å²) in [6.07, 6.45) is 7.09. The average molecular weight is 246 g/mol. The van der Waals surface area contributed by atoms with Gasteiger partial charge in [0.15, 0.2) is 0 Å². The van der Waals surface area contributed by atoms with Gasteiger partial charge in [0.05, 0.1) is 0 Å². The van der Waals surface area contributed by atoms with Crippen LogP contribution >= 0.6 is 0 Å². The molecule has 0 aliphatic heterocycles. The number of pyridine rings is 1. The van der Waals surface area contributed by atoms with E-state index >= 15 is 0 Å². The quantitative estimate of drug-likeness (QED) is 0.857. The SMILES string of the molecule is O=C(O)c1cc(NCC2CC3CCC2C3)ccn1. The van der Waals surface area contributed by atoms with E-state index in [1.807, 2.05) is 6.07 Å². The van der Waals surface area contributed by atoms with Gasteiger partial charge in [0.2, 0.25) is 0 Å². The zero-order chi connectivity index (χ0) is 12.5. The van der Waals surface area contributed by atoms with Crippen molar-refractivity contribution in [3.63, 3.8) is 0 Å². The Labute approximate surface area is 106 Å². The maximum absolute atomic E-state index is 10.8. The summed E-state index contributed by atoms with van der Waals surface area (Å²) < 4.78 is 0. The third kappa shape index (κ3) is 2.19. The van der Waals surface area contributed by atoms with Gasteiger partial charge in [-0.05, 0) is 49.1 Å². The van der Waals surface area contributed by atoms with E-state index in [1.54, 1.807) is 12.3 Å². The molecule has 1 heterocycles. The largest absolute Gasteiger partial charge is 0.477 e. The Bertz CT molecular complexity index is 461. The minimum atomic E-state index is -0.974. The molecular formula is C14H18N2O2. The van der Waals surface area contributed by atoms with E-state index in [-0.39, 0.29) is 5.69 Å². The maximum Gasteiger partial charge on any atom is 0.354 e. The van der Waals surface area contributed by atoms with Crippen molar-refractivity contribution in [2.45, 2.75) is 25.7 Å². The first-order valence-corrected chi connectivity index (χ1v) is 6.65. The lowest BCUT2D eigenvalue weighted by Gasteiger charge is -2.22. The van der Waals surface area contributed by atoms with E-state index in [4.69, 9.17) is 5.11 Å². The molecule has 0 spiro atoms. The maximum atomic E-state index is 10.8. The van der Waals surface area contributed by atoms with E-state index in [9.17, 15) is 4.79 Å². The number of carboxylic acids is 1. The number of fused-ring (bicyclic) bond motifs is 2. The summed E-state index contributed by atoms with van der Waals surface area (Å²) in [7, 11) is 0. The molecule has 2 N–H and O–H groups in total. The van der Waals surface area contributed by atoms with E-state index < -0.39 is 5.97 Å². The van der Waals surface area contributed by atoms with Crippen LogP contribution in [0.1, 0.15) is 36.2 Å². The van der Waals surface area contributed by atoms with Crippen molar-refractivity contribution in [1.29, 1.82) is 0 Å². The Morgan fingerprint density at radius 1 is 1.44 bits per heavy atom. The summed E-state index contributed by atoms with van der Waals surface area (Å²) in [5.41, 5.74) is 0.970. The second-order valence-electron chi connectivity index (χ2n) is 5.55. The number of rotatable bonds is 4. The van der Waals surface area contributed by atoms with E-state index in [0.29, 0.717) is 0 Å². The highest BCUT2D eigenvalue weighted by atomic mass is 16.4. The highest BCUT2D eigenvalue weighted by Gasteiger charge is 2.38. The van der Waals surface area contributed by atoms with Gasteiger partial charge >= 0.3 is 5.97 Å². The Kier molecular flexibility index (Phi) is 2.94. The van der Waals surface area contributed by atoms with Crippen molar-refractivity contribution in [3.05, 3.63) is 24.0 Å². The number of nitrogens with zero attached hydrogens (tertiary/aromatic N) is 1. The van der Waals surface area contributed by atoms with Crippen molar-refractivity contribution in [2.24, 2.45) is 17.8 Å². The van der Waals surface area contributed by atoms with Crippen molar-refractivity contribution in [2.75, 3.05) is 11.9 Å². The number of hydrogen-bond acceptors (Lipinski definition) is 3. The van der Waals surface area contributed by atoms with E-state index in [1.165, 1.54) is 25.7 Å². The van der Waals surface area contributed by atoms with Gasteiger partial charge in [-0.15, -0.1) is 0 Å². The third-order valence-corrected chi connectivity index (χ3v) is 4.43. The number of hydrogen-bond donors (Lipinski definition) is 2. The number of carboxylic acid groups (broad SMARTS) is 1. The molecule has 0 amide bonds. The Hall–Kier alpha value is -1.58. The van der Waals surface area contributed by atoms with Crippen molar-refractivity contribution >= 4 is 11.7 Å². The van der Waals surface area contributed by atoms with Crippen LogP contribution in [-0.4, -0.2) is 22.6 Å². The molecule has 4 nitrogen and oxygen atoms in total. The van der Waals surface area contributed by atoms with Crippen LogP contribution in [0.15, 0.2) is 18.3 Å².